The lowest BCUT2D eigenvalue weighted by atomic mass is 10.1. The minimum Gasteiger partial charge on any atom is -0.336 e. The van der Waals surface area contributed by atoms with Gasteiger partial charge in [0.25, 0.3) is 0 Å². The van der Waals surface area contributed by atoms with Crippen LogP contribution in [0.2, 0.25) is 0 Å². The maximum Gasteiger partial charge on any atom is 0.223 e. The molecule has 0 unspecified atom stereocenters. The average Bonchev–Trinajstić information content (AvgIpc) is 2.19. The Labute approximate surface area is 84.0 Å². The molecular weight excluding hydrogens is 176 g/mol. The third kappa shape index (κ3) is 2.70. The van der Waals surface area contributed by atoms with Crippen LogP contribution >= 0.6 is 0 Å². The number of aromatic nitrogens is 2. The molecule has 0 radical (unpaired) electrons. The fraction of sp³-hybridized carbons (Fsp3) is 0.500. The third-order valence-corrected chi connectivity index (χ3v) is 1.82. The van der Waals surface area contributed by atoms with Gasteiger partial charge in [0.1, 0.15) is 5.54 Å². The molecule has 1 N–H and O–H groups in total. The highest BCUT2D eigenvalue weighted by Gasteiger charge is 2.16. The minimum absolute atomic E-state index is 0.494. The Morgan fingerprint density at radius 3 is 2.43 bits per heavy atom. The van der Waals surface area contributed by atoms with E-state index in [1.165, 1.54) is 0 Å². The van der Waals surface area contributed by atoms with E-state index in [4.69, 9.17) is 5.26 Å². The van der Waals surface area contributed by atoms with Crippen molar-refractivity contribution in [3.8, 4) is 6.07 Å². The summed E-state index contributed by atoms with van der Waals surface area (Å²) in [6.45, 7) is 5.61. The number of hydrogen-bond donors (Lipinski definition) is 1. The zero-order valence-corrected chi connectivity index (χ0v) is 8.70. The lowest BCUT2D eigenvalue weighted by Gasteiger charge is -2.16. The summed E-state index contributed by atoms with van der Waals surface area (Å²) in [5.41, 5.74) is 0.457. The van der Waals surface area contributed by atoms with E-state index >= 15 is 0 Å². The Kier molecular flexibility index (Phi) is 3.03. The van der Waals surface area contributed by atoms with Crippen LogP contribution < -0.4 is 5.32 Å². The van der Waals surface area contributed by atoms with Gasteiger partial charge in [-0.3, -0.25) is 0 Å². The first-order valence-electron chi connectivity index (χ1n) is 4.58. The first kappa shape index (κ1) is 10.5. The van der Waals surface area contributed by atoms with Crippen LogP contribution in [0.25, 0.3) is 0 Å². The first-order chi connectivity index (χ1) is 6.57. The van der Waals surface area contributed by atoms with Crippen molar-refractivity contribution in [2.45, 2.75) is 32.7 Å². The van der Waals surface area contributed by atoms with Crippen LogP contribution in [0.15, 0.2) is 12.4 Å². The van der Waals surface area contributed by atoms with Crippen LogP contribution in [0.4, 0.5) is 5.95 Å². The molecule has 0 aromatic carbocycles. The van der Waals surface area contributed by atoms with Crippen LogP contribution in [0.5, 0.6) is 0 Å². The van der Waals surface area contributed by atoms with Gasteiger partial charge in [0.15, 0.2) is 0 Å². The number of anilines is 1. The van der Waals surface area contributed by atoms with Crippen molar-refractivity contribution in [2.75, 3.05) is 5.32 Å². The smallest absolute Gasteiger partial charge is 0.223 e. The molecule has 0 aliphatic heterocycles. The molecule has 1 heterocycles. The van der Waals surface area contributed by atoms with E-state index in [-0.39, 0.29) is 0 Å². The van der Waals surface area contributed by atoms with Gasteiger partial charge in [0.2, 0.25) is 5.95 Å². The predicted molar refractivity (Wildman–Crippen MR) is 54.7 cm³/mol. The van der Waals surface area contributed by atoms with E-state index in [2.05, 4.69) is 21.4 Å². The maximum atomic E-state index is 8.79. The molecule has 0 saturated carbocycles. The molecule has 0 aliphatic carbocycles. The largest absolute Gasteiger partial charge is 0.336 e. The van der Waals surface area contributed by atoms with Crippen LogP contribution in [0.1, 0.15) is 26.3 Å². The highest BCUT2D eigenvalue weighted by atomic mass is 15.1. The molecule has 0 fully saturated rings. The summed E-state index contributed by atoms with van der Waals surface area (Å²) in [6.07, 6.45) is 4.45. The fourth-order valence-electron chi connectivity index (χ4n) is 0.909. The number of nitrogens with one attached hydrogen (secondary N) is 1. The second kappa shape index (κ2) is 4.05. The van der Waals surface area contributed by atoms with Crippen molar-refractivity contribution in [3.63, 3.8) is 0 Å². The van der Waals surface area contributed by atoms with Gasteiger partial charge in [-0.2, -0.15) is 5.26 Å². The Morgan fingerprint density at radius 2 is 2.00 bits per heavy atom. The highest BCUT2D eigenvalue weighted by molar-refractivity contribution is 5.32. The van der Waals surface area contributed by atoms with E-state index in [1.54, 1.807) is 26.2 Å². The molecule has 0 spiro atoms. The lowest BCUT2D eigenvalue weighted by molar-refractivity contribution is 0.716. The molecule has 1 aromatic heterocycles. The van der Waals surface area contributed by atoms with E-state index in [0.717, 1.165) is 12.0 Å². The van der Waals surface area contributed by atoms with Crippen molar-refractivity contribution in [2.24, 2.45) is 0 Å². The summed E-state index contributed by atoms with van der Waals surface area (Å²) in [5.74, 6) is 0.494. The van der Waals surface area contributed by atoms with Crippen LogP contribution in [0, 0.1) is 11.3 Å². The van der Waals surface area contributed by atoms with Crippen molar-refractivity contribution >= 4 is 5.95 Å². The van der Waals surface area contributed by atoms with Gasteiger partial charge in [0, 0.05) is 12.4 Å². The van der Waals surface area contributed by atoms with Crippen molar-refractivity contribution in [1.82, 2.24) is 9.97 Å². The molecule has 1 aromatic rings. The van der Waals surface area contributed by atoms with E-state index in [1.807, 2.05) is 6.92 Å². The number of hydrogen-bond acceptors (Lipinski definition) is 4. The molecule has 74 valence electrons. The van der Waals surface area contributed by atoms with Crippen LogP contribution in [-0.2, 0) is 6.42 Å². The lowest BCUT2D eigenvalue weighted by Crippen LogP contribution is -2.29. The summed E-state index contributed by atoms with van der Waals surface area (Å²) in [4.78, 5) is 8.22. The summed E-state index contributed by atoms with van der Waals surface area (Å²) in [6, 6.07) is 2.13. The van der Waals surface area contributed by atoms with Gasteiger partial charge >= 0.3 is 0 Å². The van der Waals surface area contributed by atoms with Gasteiger partial charge in [0.05, 0.1) is 6.07 Å². The Bertz CT molecular complexity index is 334. The van der Waals surface area contributed by atoms with Crippen molar-refractivity contribution in [1.29, 1.82) is 5.26 Å². The second-order valence-corrected chi connectivity index (χ2v) is 3.63. The summed E-state index contributed by atoms with van der Waals surface area (Å²) in [7, 11) is 0. The second-order valence-electron chi connectivity index (χ2n) is 3.63. The molecule has 1 rings (SSSR count). The first-order valence-corrected chi connectivity index (χ1v) is 4.58. The molecule has 0 saturated heterocycles. The third-order valence-electron chi connectivity index (χ3n) is 1.82. The zero-order chi connectivity index (χ0) is 10.6. The molecule has 4 nitrogen and oxygen atoms in total. The topological polar surface area (TPSA) is 61.6 Å². The average molecular weight is 190 g/mol. The predicted octanol–water partition coefficient (Wildman–Crippen LogP) is 1.75. The van der Waals surface area contributed by atoms with Gasteiger partial charge in [-0.05, 0) is 25.8 Å². The van der Waals surface area contributed by atoms with Gasteiger partial charge in [-0.15, -0.1) is 0 Å². The molecule has 0 atom stereocenters. The number of rotatable bonds is 3. The Balaban J connectivity index is 2.75. The summed E-state index contributed by atoms with van der Waals surface area (Å²) in [5, 5.41) is 11.7. The van der Waals surface area contributed by atoms with Gasteiger partial charge < -0.3 is 5.32 Å². The van der Waals surface area contributed by atoms with E-state index in [9.17, 15) is 0 Å². The highest BCUT2D eigenvalue weighted by Crippen LogP contribution is 2.09. The van der Waals surface area contributed by atoms with Crippen LogP contribution in [0.3, 0.4) is 0 Å². The fourth-order valence-corrected chi connectivity index (χ4v) is 0.909. The van der Waals surface area contributed by atoms with Crippen LogP contribution in [-0.4, -0.2) is 15.5 Å². The minimum atomic E-state index is -0.631. The summed E-state index contributed by atoms with van der Waals surface area (Å²) < 4.78 is 0. The normalized spacial score (nSPS) is 10.7. The van der Waals surface area contributed by atoms with E-state index < -0.39 is 5.54 Å². The molecule has 0 amide bonds. The SMILES string of the molecule is CCc1cnc(NC(C)(C)C#N)nc1. The number of nitrogens with zero attached hydrogens (tertiary/aromatic N) is 3. The standard InChI is InChI=1S/C10H14N4/c1-4-8-5-12-9(13-6-8)14-10(2,3)7-11/h5-6H,4H2,1-3H3,(H,12,13,14). The number of aryl methyl sites for hydroxylation is 1. The maximum absolute atomic E-state index is 8.79. The zero-order valence-electron chi connectivity index (χ0n) is 8.70. The van der Waals surface area contributed by atoms with Gasteiger partial charge in [-0.25, -0.2) is 9.97 Å². The molecule has 0 bridgehead atoms. The quantitative estimate of drug-likeness (QED) is 0.788. The van der Waals surface area contributed by atoms with Crippen molar-refractivity contribution in [3.05, 3.63) is 18.0 Å². The molecule has 14 heavy (non-hydrogen) atoms. The Morgan fingerprint density at radius 1 is 1.43 bits per heavy atom. The number of nitriles is 1. The molecule has 4 heteroatoms. The monoisotopic (exact) mass is 190 g/mol. The summed E-state index contributed by atoms with van der Waals surface area (Å²) >= 11 is 0. The van der Waals surface area contributed by atoms with E-state index in [0.29, 0.717) is 5.95 Å². The molecular formula is C10H14N4. The Hall–Kier alpha value is -1.63. The van der Waals surface area contributed by atoms with Gasteiger partial charge in [-0.1, -0.05) is 6.92 Å². The molecule has 0 aliphatic rings. The van der Waals surface area contributed by atoms with Crippen molar-refractivity contribution < 1.29 is 0 Å².